The van der Waals surface area contributed by atoms with Crippen molar-refractivity contribution in [2.24, 2.45) is 13.0 Å². The molecule has 1 saturated heterocycles. The molecule has 0 saturated carbocycles. The first-order valence-electron chi connectivity index (χ1n) is 5.06. The largest absolute Gasteiger partial charge is 0.396 e. The fourth-order valence-corrected chi connectivity index (χ4v) is 1.88. The van der Waals surface area contributed by atoms with E-state index in [4.69, 9.17) is 5.11 Å². The summed E-state index contributed by atoms with van der Waals surface area (Å²) in [5, 5.41) is 13.0. The van der Waals surface area contributed by atoms with Gasteiger partial charge >= 0.3 is 0 Å². The molecule has 5 nitrogen and oxygen atoms in total. The molecule has 0 spiro atoms. The Labute approximate surface area is 88.3 Å². The Balaban J connectivity index is 2.01. The van der Waals surface area contributed by atoms with Crippen molar-refractivity contribution in [1.29, 1.82) is 0 Å². The molecule has 5 heteroatoms. The summed E-state index contributed by atoms with van der Waals surface area (Å²) < 4.78 is 1.76. The molecule has 0 aliphatic carbocycles. The van der Waals surface area contributed by atoms with Crippen molar-refractivity contribution >= 4 is 5.91 Å². The molecular weight excluding hydrogens is 194 g/mol. The number of nitrogens with zero attached hydrogens (tertiary/aromatic N) is 3. The summed E-state index contributed by atoms with van der Waals surface area (Å²) in [5.41, 5.74) is 1.02. The maximum absolute atomic E-state index is 11.6. The van der Waals surface area contributed by atoms with Gasteiger partial charge in [0.05, 0.1) is 12.2 Å². The molecule has 1 aliphatic heterocycles. The Morgan fingerprint density at radius 3 is 3.00 bits per heavy atom. The van der Waals surface area contributed by atoms with Gasteiger partial charge in [-0.3, -0.25) is 9.48 Å². The van der Waals surface area contributed by atoms with E-state index in [-0.39, 0.29) is 18.4 Å². The van der Waals surface area contributed by atoms with Crippen molar-refractivity contribution in [3.05, 3.63) is 18.0 Å². The molecule has 15 heavy (non-hydrogen) atoms. The highest BCUT2D eigenvalue weighted by Gasteiger charge is 2.29. The molecule has 1 fully saturated rings. The number of hydrogen-bond acceptors (Lipinski definition) is 3. The number of carbonyl (C=O) groups is 1. The molecule has 1 N–H and O–H groups in total. The lowest BCUT2D eigenvalue weighted by Crippen LogP contribution is -2.26. The van der Waals surface area contributed by atoms with Gasteiger partial charge in [0.15, 0.2) is 0 Å². The molecule has 1 unspecified atom stereocenters. The van der Waals surface area contributed by atoms with E-state index in [1.54, 1.807) is 15.8 Å². The molecule has 1 aliphatic rings. The molecule has 2 heterocycles. The van der Waals surface area contributed by atoms with Crippen LogP contribution in [0.4, 0.5) is 0 Å². The van der Waals surface area contributed by atoms with Crippen molar-refractivity contribution in [3.63, 3.8) is 0 Å². The van der Waals surface area contributed by atoms with Gasteiger partial charge in [0, 0.05) is 38.7 Å². The third-order valence-corrected chi connectivity index (χ3v) is 2.83. The maximum Gasteiger partial charge on any atom is 0.223 e. The zero-order chi connectivity index (χ0) is 10.8. The zero-order valence-corrected chi connectivity index (χ0v) is 8.76. The number of rotatable bonds is 3. The van der Waals surface area contributed by atoms with Crippen LogP contribution in [0.2, 0.25) is 0 Å². The lowest BCUT2D eigenvalue weighted by atomic mass is 10.1. The fraction of sp³-hybridized carbons (Fsp3) is 0.600. The van der Waals surface area contributed by atoms with Gasteiger partial charge in [-0.2, -0.15) is 5.10 Å². The standard InChI is InChI=1S/C10H15N3O2/c1-12-9(2-3-11-12)6-13-5-8(7-14)4-10(13)15/h2-3,8,14H,4-7H2,1H3. The van der Waals surface area contributed by atoms with Gasteiger partial charge in [-0.25, -0.2) is 0 Å². The molecule has 82 valence electrons. The third kappa shape index (κ3) is 2.02. The van der Waals surface area contributed by atoms with E-state index in [9.17, 15) is 4.79 Å². The van der Waals surface area contributed by atoms with Crippen LogP contribution in [0, 0.1) is 5.92 Å². The molecule has 0 radical (unpaired) electrons. The van der Waals surface area contributed by atoms with Gasteiger partial charge in [-0.1, -0.05) is 0 Å². The van der Waals surface area contributed by atoms with Crippen molar-refractivity contribution in [1.82, 2.24) is 14.7 Å². The number of aromatic nitrogens is 2. The van der Waals surface area contributed by atoms with E-state index in [1.807, 2.05) is 13.1 Å². The number of likely N-dealkylation sites (tertiary alicyclic amines) is 1. The second-order valence-electron chi connectivity index (χ2n) is 3.97. The number of aliphatic hydroxyl groups is 1. The highest BCUT2D eigenvalue weighted by molar-refractivity contribution is 5.78. The number of amides is 1. The minimum atomic E-state index is 0.0909. The quantitative estimate of drug-likeness (QED) is 0.747. The Morgan fingerprint density at radius 2 is 2.47 bits per heavy atom. The average molecular weight is 209 g/mol. The van der Waals surface area contributed by atoms with Crippen molar-refractivity contribution < 1.29 is 9.90 Å². The van der Waals surface area contributed by atoms with E-state index in [0.717, 1.165) is 5.69 Å². The Kier molecular flexibility index (Phi) is 2.73. The number of carbonyl (C=O) groups excluding carboxylic acids is 1. The monoisotopic (exact) mass is 209 g/mol. The van der Waals surface area contributed by atoms with Crippen molar-refractivity contribution in [3.8, 4) is 0 Å². The average Bonchev–Trinajstić information content (AvgIpc) is 2.76. The molecule has 2 rings (SSSR count). The summed E-state index contributed by atoms with van der Waals surface area (Å²) in [6, 6.07) is 1.90. The first-order chi connectivity index (χ1) is 7.20. The predicted molar refractivity (Wildman–Crippen MR) is 53.8 cm³/mol. The molecule has 0 bridgehead atoms. The first-order valence-corrected chi connectivity index (χ1v) is 5.06. The summed E-state index contributed by atoms with van der Waals surface area (Å²) >= 11 is 0. The molecule has 1 aromatic rings. The highest BCUT2D eigenvalue weighted by atomic mass is 16.3. The smallest absolute Gasteiger partial charge is 0.223 e. The van der Waals surface area contributed by atoms with Crippen molar-refractivity contribution in [2.45, 2.75) is 13.0 Å². The summed E-state index contributed by atoms with van der Waals surface area (Å²) in [4.78, 5) is 13.3. The predicted octanol–water partition coefficient (Wildman–Crippen LogP) is -0.239. The molecule has 1 amide bonds. The van der Waals surface area contributed by atoms with Crippen LogP contribution in [-0.4, -0.2) is 38.8 Å². The highest BCUT2D eigenvalue weighted by Crippen LogP contribution is 2.19. The number of aliphatic hydroxyl groups excluding tert-OH is 1. The maximum atomic E-state index is 11.6. The minimum Gasteiger partial charge on any atom is -0.396 e. The lowest BCUT2D eigenvalue weighted by Gasteiger charge is -2.16. The van der Waals surface area contributed by atoms with Gasteiger partial charge in [0.1, 0.15) is 0 Å². The van der Waals surface area contributed by atoms with Crippen LogP contribution in [0.3, 0.4) is 0 Å². The van der Waals surface area contributed by atoms with E-state index >= 15 is 0 Å². The van der Waals surface area contributed by atoms with Crippen LogP contribution < -0.4 is 0 Å². The normalized spacial score (nSPS) is 21.3. The van der Waals surface area contributed by atoms with E-state index in [2.05, 4.69) is 5.10 Å². The van der Waals surface area contributed by atoms with Gasteiger partial charge in [-0.15, -0.1) is 0 Å². The van der Waals surface area contributed by atoms with Gasteiger partial charge in [-0.05, 0) is 6.07 Å². The van der Waals surface area contributed by atoms with Gasteiger partial charge in [0.2, 0.25) is 5.91 Å². The molecule has 1 aromatic heterocycles. The van der Waals surface area contributed by atoms with Crippen LogP contribution in [-0.2, 0) is 18.4 Å². The van der Waals surface area contributed by atoms with Gasteiger partial charge < -0.3 is 10.0 Å². The Hall–Kier alpha value is -1.36. The minimum absolute atomic E-state index is 0.0909. The van der Waals surface area contributed by atoms with Crippen LogP contribution in [0.1, 0.15) is 12.1 Å². The first kappa shape index (κ1) is 10.2. The van der Waals surface area contributed by atoms with Crippen LogP contribution >= 0.6 is 0 Å². The third-order valence-electron chi connectivity index (χ3n) is 2.83. The van der Waals surface area contributed by atoms with Crippen molar-refractivity contribution in [2.75, 3.05) is 13.2 Å². The summed E-state index contributed by atoms with van der Waals surface area (Å²) in [6.07, 6.45) is 2.19. The molecular formula is C10H15N3O2. The molecule has 0 aromatic carbocycles. The van der Waals surface area contributed by atoms with Crippen LogP contribution in [0.15, 0.2) is 12.3 Å². The topological polar surface area (TPSA) is 58.4 Å². The van der Waals surface area contributed by atoms with E-state index < -0.39 is 0 Å². The van der Waals surface area contributed by atoms with E-state index in [1.165, 1.54) is 0 Å². The second kappa shape index (κ2) is 4.02. The molecule has 1 atom stereocenters. The lowest BCUT2D eigenvalue weighted by molar-refractivity contribution is -0.128. The van der Waals surface area contributed by atoms with Crippen LogP contribution in [0.5, 0.6) is 0 Å². The Bertz CT molecular complexity index is 361. The number of aryl methyl sites for hydroxylation is 1. The summed E-state index contributed by atoms with van der Waals surface area (Å²) in [5.74, 6) is 0.223. The number of hydrogen-bond donors (Lipinski definition) is 1. The Morgan fingerprint density at radius 1 is 1.67 bits per heavy atom. The van der Waals surface area contributed by atoms with Crippen LogP contribution in [0.25, 0.3) is 0 Å². The van der Waals surface area contributed by atoms with E-state index in [0.29, 0.717) is 19.5 Å². The fourth-order valence-electron chi connectivity index (χ4n) is 1.88. The SMILES string of the molecule is Cn1nccc1CN1CC(CO)CC1=O. The summed E-state index contributed by atoms with van der Waals surface area (Å²) in [6.45, 7) is 1.33. The zero-order valence-electron chi connectivity index (χ0n) is 8.76. The second-order valence-corrected chi connectivity index (χ2v) is 3.97. The summed E-state index contributed by atoms with van der Waals surface area (Å²) in [7, 11) is 1.86. The van der Waals surface area contributed by atoms with Gasteiger partial charge in [0.25, 0.3) is 0 Å².